The molecule has 1 fully saturated rings. The average molecular weight is 304 g/mol. The third-order valence-electron chi connectivity index (χ3n) is 3.72. The van der Waals surface area contributed by atoms with Gasteiger partial charge in [-0.15, -0.1) is 0 Å². The van der Waals surface area contributed by atoms with Crippen LogP contribution in [0.4, 0.5) is 0 Å². The largest absolute Gasteiger partial charge is 0.493 e. The predicted molar refractivity (Wildman–Crippen MR) is 87.2 cm³/mol. The summed E-state index contributed by atoms with van der Waals surface area (Å²) in [6.45, 7) is 6.41. The standard InChI is InChI=1S/C17H24N2O3/c1-4-5-14-6-7-15(16(10-14)21-3)22-12-17(20)19-9-8-18-11-13(19)2/h4-7,10,13,18H,8-9,11-12H2,1-3H3/b5-4+/t13-/m1/s1. The molecule has 0 aromatic heterocycles. The summed E-state index contributed by atoms with van der Waals surface area (Å²) in [6, 6.07) is 5.87. The average Bonchev–Trinajstić information content (AvgIpc) is 2.54. The van der Waals surface area contributed by atoms with Crippen molar-refractivity contribution in [1.29, 1.82) is 0 Å². The number of amides is 1. The first-order chi connectivity index (χ1) is 10.7. The lowest BCUT2D eigenvalue weighted by atomic mass is 10.2. The van der Waals surface area contributed by atoms with E-state index >= 15 is 0 Å². The molecule has 2 rings (SSSR count). The topological polar surface area (TPSA) is 50.8 Å². The number of allylic oxidation sites excluding steroid dienone is 1. The van der Waals surface area contributed by atoms with E-state index in [1.165, 1.54) is 0 Å². The summed E-state index contributed by atoms with van der Waals surface area (Å²) >= 11 is 0. The van der Waals surface area contributed by atoms with Crippen molar-refractivity contribution < 1.29 is 14.3 Å². The summed E-state index contributed by atoms with van der Waals surface area (Å²) in [5.41, 5.74) is 1.04. The molecule has 1 N–H and O–H groups in total. The van der Waals surface area contributed by atoms with Crippen molar-refractivity contribution in [3.05, 3.63) is 29.8 Å². The molecule has 1 aromatic rings. The number of carbonyl (C=O) groups excluding carboxylic acids is 1. The van der Waals surface area contributed by atoms with E-state index in [4.69, 9.17) is 9.47 Å². The number of benzene rings is 1. The van der Waals surface area contributed by atoms with E-state index in [-0.39, 0.29) is 18.6 Å². The molecule has 0 unspecified atom stereocenters. The van der Waals surface area contributed by atoms with E-state index in [0.29, 0.717) is 11.5 Å². The highest BCUT2D eigenvalue weighted by Crippen LogP contribution is 2.28. The van der Waals surface area contributed by atoms with Crippen molar-refractivity contribution in [2.24, 2.45) is 0 Å². The zero-order chi connectivity index (χ0) is 15.9. The zero-order valence-corrected chi connectivity index (χ0v) is 13.5. The molecule has 1 atom stereocenters. The van der Waals surface area contributed by atoms with Crippen molar-refractivity contribution in [2.75, 3.05) is 33.4 Å². The highest BCUT2D eigenvalue weighted by molar-refractivity contribution is 5.78. The number of ether oxygens (including phenoxy) is 2. The maximum atomic E-state index is 12.3. The van der Waals surface area contributed by atoms with Crippen LogP contribution in [0, 0.1) is 0 Å². The molecule has 5 nitrogen and oxygen atoms in total. The molecule has 0 saturated carbocycles. The summed E-state index contributed by atoms with van der Waals surface area (Å²) in [5, 5.41) is 3.27. The van der Waals surface area contributed by atoms with Crippen LogP contribution in [-0.4, -0.2) is 50.2 Å². The predicted octanol–water partition coefficient (Wildman–Crippen LogP) is 1.93. The number of piperazine rings is 1. The molecule has 1 saturated heterocycles. The molecule has 0 aliphatic carbocycles. The Bertz CT molecular complexity index is 543. The van der Waals surface area contributed by atoms with Gasteiger partial charge in [-0.2, -0.15) is 0 Å². The summed E-state index contributed by atoms with van der Waals surface area (Å²) in [6.07, 6.45) is 3.95. The van der Waals surface area contributed by atoms with Crippen LogP contribution in [0.25, 0.3) is 6.08 Å². The summed E-state index contributed by atoms with van der Waals surface area (Å²) in [4.78, 5) is 14.1. The maximum Gasteiger partial charge on any atom is 0.260 e. The van der Waals surface area contributed by atoms with Gasteiger partial charge in [0.2, 0.25) is 0 Å². The Morgan fingerprint density at radius 2 is 2.27 bits per heavy atom. The van der Waals surface area contributed by atoms with Crippen LogP contribution in [0.5, 0.6) is 11.5 Å². The van der Waals surface area contributed by atoms with Crippen LogP contribution in [0.1, 0.15) is 19.4 Å². The summed E-state index contributed by atoms with van der Waals surface area (Å²) in [7, 11) is 1.60. The molecule has 0 spiro atoms. The Hall–Kier alpha value is -2.01. The first kappa shape index (κ1) is 16.4. The lowest BCUT2D eigenvalue weighted by Crippen LogP contribution is -2.53. The van der Waals surface area contributed by atoms with Gasteiger partial charge in [-0.3, -0.25) is 4.79 Å². The highest BCUT2D eigenvalue weighted by Gasteiger charge is 2.23. The minimum Gasteiger partial charge on any atom is -0.493 e. The Balaban J connectivity index is 2.00. The van der Waals surface area contributed by atoms with Gasteiger partial charge in [0, 0.05) is 25.7 Å². The SMILES string of the molecule is C/C=C/c1ccc(OCC(=O)N2CCNC[C@H]2C)c(OC)c1. The minimum absolute atomic E-state index is 0.00795. The molecule has 120 valence electrons. The third-order valence-corrected chi connectivity index (χ3v) is 3.72. The molecule has 1 aliphatic rings. The lowest BCUT2D eigenvalue weighted by Gasteiger charge is -2.33. The van der Waals surface area contributed by atoms with Crippen LogP contribution >= 0.6 is 0 Å². The molecule has 1 heterocycles. The van der Waals surface area contributed by atoms with Gasteiger partial charge in [0.25, 0.3) is 5.91 Å². The fourth-order valence-corrected chi connectivity index (χ4v) is 2.53. The zero-order valence-electron chi connectivity index (χ0n) is 13.5. The van der Waals surface area contributed by atoms with Gasteiger partial charge < -0.3 is 19.7 Å². The second-order valence-corrected chi connectivity index (χ2v) is 5.34. The first-order valence-corrected chi connectivity index (χ1v) is 7.59. The van der Waals surface area contributed by atoms with Gasteiger partial charge in [-0.25, -0.2) is 0 Å². The van der Waals surface area contributed by atoms with E-state index in [1.807, 2.05) is 49.1 Å². The van der Waals surface area contributed by atoms with Crippen LogP contribution in [0.15, 0.2) is 24.3 Å². The second-order valence-electron chi connectivity index (χ2n) is 5.34. The number of nitrogens with one attached hydrogen (secondary N) is 1. The third kappa shape index (κ3) is 4.01. The molecule has 22 heavy (non-hydrogen) atoms. The normalized spacial score (nSPS) is 18.5. The lowest BCUT2D eigenvalue weighted by molar-refractivity contribution is -0.136. The fraction of sp³-hybridized carbons (Fsp3) is 0.471. The van der Waals surface area contributed by atoms with Crippen LogP contribution in [0.3, 0.4) is 0 Å². The van der Waals surface area contributed by atoms with Crippen molar-refractivity contribution in [2.45, 2.75) is 19.9 Å². The van der Waals surface area contributed by atoms with Crippen LogP contribution < -0.4 is 14.8 Å². The maximum absolute atomic E-state index is 12.3. The Morgan fingerprint density at radius 1 is 1.45 bits per heavy atom. The Morgan fingerprint density at radius 3 is 2.95 bits per heavy atom. The Kier molecular flexibility index (Phi) is 5.83. The van der Waals surface area contributed by atoms with Gasteiger partial charge in [0.05, 0.1) is 7.11 Å². The number of hydrogen-bond acceptors (Lipinski definition) is 4. The molecular formula is C17H24N2O3. The first-order valence-electron chi connectivity index (χ1n) is 7.59. The van der Waals surface area contributed by atoms with Crippen LogP contribution in [-0.2, 0) is 4.79 Å². The number of rotatable bonds is 5. The summed E-state index contributed by atoms with van der Waals surface area (Å²) in [5.74, 6) is 1.23. The van der Waals surface area contributed by atoms with Gasteiger partial charge in [0.15, 0.2) is 18.1 Å². The van der Waals surface area contributed by atoms with Crippen molar-refractivity contribution in [3.8, 4) is 11.5 Å². The van der Waals surface area contributed by atoms with E-state index in [2.05, 4.69) is 5.32 Å². The van der Waals surface area contributed by atoms with Crippen molar-refractivity contribution >= 4 is 12.0 Å². The molecule has 1 aliphatic heterocycles. The van der Waals surface area contributed by atoms with Crippen molar-refractivity contribution in [3.63, 3.8) is 0 Å². The second kappa shape index (κ2) is 7.84. The molecule has 1 aromatic carbocycles. The van der Waals surface area contributed by atoms with E-state index in [0.717, 1.165) is 25.2 Å². The van der Waals surface area contributed by atoms with Gasteiger partial charge in [-0.1, -0.05) is 18.2 Å². The minimum atomic E-state index is 0.00795. The fourth-order valence-electron chi connectivity index (χ4n) is 2.53. The van der Waals surface area contributed by atoms with E-state index in [9.17, 15) is 4.79 Å². The number of hydrogen-bond donors (Lipinski definition) is 1. The van der Waals surface area contributed by atoms with Gasteiger partial charge >= 0.3 is 0 Å². The van der Waals surface area contributed by atoms with E-state index in [1.54, 1.807) is 7.11 Å². The number of carbonyl (C=O) groups is 1. The quantitative estimate of drug-likeness (QED) is 0.903. The molecular weight excluding hydrogens is 280 g/mol. The Labute approximate surface area is 131 Å². The van der Waals surface area contributed by atoms with Crippen molar-refractivity contribution in [1.82, 2.24) is 10.2 Å². The number of methoxy groups -OCH3 is 1. The highest BCUT2D eigenvalue weighted by atomic mass is 16.5. The van der Waals surface area contributed by atoms with Gasteiger partial charge in [-0.05, 0) is 31.5 Å². The van der Waals surface area contributed by atoms with E-state index < -0.39 is 0 Å². The molecule has 0 radical (unpaired) electrons. The van der Waals surface area contributed by atoms with Crippen LogP contribution in [0.2, 0.25) is 0 Å². The summed E-state index contributed by atoms with van der Waals surface area (Å²) < 4.78 is 11.0. The molecule has 1 amide bonds. The number of nitrogens with zero attached hydrogens (tertiary/aromatic N) is 1. The monoisotopic (exact) mass is 304 g/mol. The smallest absolute Gasteiger partial charge is 0.260 e. The van der Waals surface area contributed by atoms with Gasteiger partial charge in [0.1, 0.15) is 0 Å². The molecule has 5 heteroatoms. The molecule has 0 bridgehead atoms.